The van der Waals surface area contributed by atoms with Gasteiger partial charge in [-0.1, -0.05) is 109 Å². The lowest BCUT2D eigenvalue weighted by Gasteiger charge is -2.16. The van der Waals surface area contributed by atoms with Crippen LogP contribution < -0.4 is 10.4 Å². The third kappa shape index (κ3) is 4.03. The van der Waals surface area contributed by atoms with E-state index in [1.165, 1.54) is 60.0 Å². The van der Waals surface area contributed by atoms with E-state index >= 15 is 0 Å². The predicted octanol–water partition coefficient (Wildman–Crippen LogP) is 8.30. The molecule has 0 bridgehead atoms. The molecule has 0 radical (unpaired) electrons. The summed E-state index contributed by atoms with van der Waals surface area (Å²) in [6.07, 6.45) is 4.51. The zero-order valence-corrected chi connectivity index (χ0v) is 21.5. The van der Waals surface area contributed by atoms with Gasteiger partial charge in [-0.15, -0.1) is 0 Å². The SMILES string of the molecule is C/C=c1/c(-c2ccccc2)c2ccccc2c(-c2ccc(-c3ccc4ccc(C)nc4c3)cc2)/c1=C/C. The number of pyridine rings is 1. The summed E-state index contributed by atoms with van der Waals surface area (Å²) < 4.78 is 0. The van der Waals surface area contributed by atoms with Crippen molar-refractivity contribution >= 4 is 33.8 Å². The lowest BCUT2D eigenvalue weighted by atomic mass is 9.87. The van der Waals surface area contributed by atoms with E-state index in [1.54, 1.807) is 0 Å². The van der Waals surface area contributed by atoms with E-state index in [-0.39, 0.29) is 0 Å². The van der Waals surface area contributed by atoms with Crippen molar-refractivity contribution in [3.63, 3.8) is 0 Å². The van der Waals surface area contributed by atoms with Gasteiger partial charge in [0.2, 0.25) is 0 Å². The second-order valence-corrected chi connectivity index (χ2v) is 9.50. The van der Waals surface area contributed by atoms with E-state index < -0.39 is 0 Å². The second-order valence-electron chi connectivity index (χ2n) is 9.50. The number of hydrogen-bond donors (Lipinski definition) is 0. The Hall–Kier alpha value is -4.49. The average Bonchev–Trinajstić information content (AvgIpc) is 2.96. The number of hydrogen-bond acceptors (Lipinski definition) is 1. The molecule has 1 heteroatoms. The molecule has 0 aliphatic rings. The topological polar surface area (TPSA) is 12.9 Å². The number of nitrogens with zero attached hydrogens (tertiary/aromatic N) is 1. The predicted molar refractivity (Wildman–Crippen MR) is 160 cm³/mol. The first kappa shape index (κ1) is 22.9. The number of aromatic nitrogens is 1. The smallest absolute Gasteiger partial charge is 0.0711 e. The molecule has 1 aromatic heterocycles. The Labute approximate surface area is 218 Å². The lowest BCUT2D eigenvalue weighted by molar-refractivity contribution is 1.26. The van der Waals surface area contributed by atoms with Crippen molar-refractivity contribution in [2.75, 3.05) is 0 Å². The minimum absolute atomic E-state index is 1.04. The Morgan fingerprint density at radius 2 is 1.03 bits per heavy atom. The molecule has 0 aliphatic heterocycles. The van der Waals surface area contributed by atoms with Crippen molar-refractivity contribution < 1.29 is 0 Å². The molecule has 0 saturated heterocycles. The van der Waals surface area contributed by atoms with Gasteiger partial charge in [0, 0.05) is 11.1 Å². The van der Waals surface area contributed by atoms with Crippen LogP contribution >= 0.6 is 0 Å². The van der Waals surface area contributed by atoms with Gasteiger partial charge in [-0.2, -0.15) is 0 Å². The van der Waals surface area contributed by atoms with Crippen LogP contribution in [0.15, 0.2) is 109 Å². The van der Waals surface area contributed by atoms with E-state index in [0.29, 0.717) is 0 Å². The summed E-state index contributed by atoms with van der Waals surface area (Å²) in [5, 5.41) is 6.28. The zero-order valence-electron chi connectivity index (χ0n) is 21.5. The molecular weight excluding hydrogens is 446 g/mol. The highest BCUT2D eigenvalue weighted by Crippen LogP contribution is 2.32. The van der Waals surface area contributed by atoms with Crippen molar-refractivity contribution in [3.05, 3.63) is 125 Å². The Bertz CT molecular complexity index is 1880. The second kappa shape index (κ2) is 9.52. The zero-order chi connectivity index (χ0) is 25.4. The summed E-state index contributed by atoms with van der Waals surface area (Å²) in [7, 11) is 0. The molecule has 0 N–H and O–H groups in total. The standard InChI is InChI=1S/C36H29N/c1-4-30-31(5-2)36(33-14-10-9-13-32(33)35(30)27-11-7-6-8-12-27)28-20-17-25(18-21-28)29-22-19-26-16-15-24(3)37-34(26)23-29/h4-23H,1-3H3/b30-4+,31-5+. The quantitative estimate of drug-likeness (QED) is 0.251. The van der Waals surface area contributed by atoms with E-state index in [1.807, 2.05) is 6.92 Å². The molecule has 0 unspecified atom stereocenters. The molecule has 0 aliphatic carbocycles. The summed E-state index contributed by atoms with van der Waals surface area (Å²) in [6.45, 7) is 6.33. The van der Waals surface area contributed by atoms with Gasteiger partial charge in [-0.05, 0) is 87.5 Å². The van der Waals surface area contributed by atoms with Crippen LogP contribution in [0.4, 0.5) is 0 Å². The van der Waals surface area contributed by atoms with E-state index in [0.717, 1.165) is 11.2 Å². The number of rotatable bonds is 3. The monoisotopic (exact) mass is 475 g/mol. The molecule has 37 heavy (non-hydrogen) atoms. The van der Waals surface area contributed by atoms with Crippen LogP contribution in [0.25, 0.3) is 67.2 Å². The molecule has 0 saturated carbocycles. The molecule has 1 heterocycles. The van der Waals surface area contributed by atoms with Gasteiger partial charge < -0.3 is 0 Å². The molecule has 1 nitrogen and oxygen atoms in total. The first-order valence-electron chi connectivity index (χ1n) is 12.9. The first-order valence-corrected chi connectivity index (χ1v) is 12.9. The van der Waals surface area contributed by atoms with Crippen LogP contribution in [-0.4, -0.2) is 4.98 Å². The Kier molecular flexibility index (Phi) is 5.90. The summed E-state index contributed by atoms with van der Waals surface area (Å²) in [5.74, 6) is 0. The Morgan fingerprint density at radius 1 is 0.514 bits per heavy atom. The van der Waals surface area contributed by atoms with Crippen molar-refractivity contribution in [2.45, 2.75) is 20.8 Å². The fourth-order valence-corrected chi connectivity index (χ4v) is 5.53. The van der Waals surface area contributed by atoms with E-state index in [2.05, 4.69) is 135 Å². The molecule has 0 amide bonds. The molecule has 6 rings (SSSR count). The first-order chi connectivity index (χ1) is 18.2. The van der Waals surface area contributed by atoms with Crippen LogP contribution in [0.5, 0.6) is 0 Å². The normalized spacial score (nSPS) is 12.5. The van der Waals surface area contributed by atoms with Crippen LogP contribution in [0.3, 0.4) is 0 Å². The lowest BCUT2D eigenvalue weighted by Crippen LogP contribution is -2.29. The molecule has 178 valence electrons. The fraction of sp³-hybridized carbons (Fsp3) is 0.0833. The molecular formula is C36H29N. The van der Waals surface area contributed by atoms with Gasteiger partial charge in [0.05, 0.1) is 5.52 Å². The molecule has 0 fully saturated rings. The van der Waals surface area contributed by atoms with Gasteiger partial charge in [-0.3, -0.25) is 4.98 Å². The van der Waals surface area contributed by atoms with Crippen molar-refractivity contribution in [1.29, 1.82) is 0 Å². The Morgan fingerprint density at radius 3 is 1.65 bits per heavy atom. The minimum Gasteiger partial charge on any atom is -0.253 e. The number of aryl methyl sites for hydroxylation is 1. The molecule has 0 spiro atoms. The van der Waals surface area contributed by atoms with Crippen LogP contribution in [-0.2, 0) is 0 Å². The third-order valence-electron chi connectivity index (χ3n) is 7.27. The largest absolute Gasteiger partial charge is 0.253 e. The van der Waals surface area contributed by atoms with Crippen molar-refractivity contribution in [1.82, 2.24) is 4.98 Å². The highest BCUT2D eigenvalue weighted by molar-refractivity contribution is 6.05. The molecule has 0 atom stereocenters. The number of benzene rings is 5. The summed E-state index contributed by atoms with van der Waals surface area (Å²) in [5.41, 5.74) is 9.52. The van der Waals surface area contributed by atoms with Crippen LogP contribution in [0.2, 0.25) is 0 Å². The summed E-state index contributed by atoms with van der Waals surface area (Å²) in [4.78, 5) is 4.73. The van der Waals surface area contributed by atoms with Gasteiger partial charge >= 0.3 is 0 Å². The maximum atomic E-state index is 4.73. The highest BCUT2D eigenvalue weighted by Gasteiger charge is 2.14. The maximum Gasteiger partial charge on any atom is 0.0711 e. The van der Waals surface area contributed by atoms with E-state index in [4.69, 9.17) is 4.98 Å². The summed E-state index contributed by atoms with van der Waals surface area (Å²) >= 11 is 0. The van der Waals surface area contributed by atoms with Crippen molar-refractivity contribution in [3.8, 4) is 33.4 Å². The Balaban J connectivity index is 1.56. The third-order valence-corrected chi connectivity index (χ3v) is 7.27. The summed E-state index contributed by atoms with van der Waals surface area (Å²) in [6, 6.07) is 39.3. The van der Waals surface area contributed by atoms with Gasteiger partial charge in [0.25, 0.3) is 0 Å². The average molecular weight is 476 g/mol. The van der Waals surface area contributed by atoms with Crippen LogP contribution in [0.1, 0.15) is 19.5 Å². The van der Waals surface area contributed by atoms with Crippen LogP contribution in [0, 0.1) is 6.92 Å². The van der Waals surface area contributed by atoms with Gasteiger partial charge in [0.1, 0.15) is 0 Å². The van der Waals surface area contributed by atoms with Crippen molar-refractivity contribution in [2.24, 2.45) is 0 Å². The fourth-order valence-electron chi connectivity index (χ4n) is 5.53. The van der Waals surface area contributed by atoms with Gasteiger partial charge in [0.15, 0.2) is 0 Å². The number of fused-ring (bicyclic) bond motifs is 2. The minimum atomic E-state index is 1.04. The molecule has 6 aromatic rings. The molecule has 5 aromatic carbocycles. The maximum absolute atomic E-state index is 4.73. The van der Waals surface area contributed by atoms with E-state index in [9.17, 15) is 0 Å². The van der Waals surface area contributed by atoms with Gasteiger partial charge in [-0.25, -0.2) is 0 Å². The highest BCUT2D eigenvalue weighted by atomic mass is 14.7.